The van der Waals surface area contributed by atoms with E-state index in [2.05, 4.69) is 10.3 Å². The van der Waals surface area contributed by atoms with E-state index in [0.717, 1.165) is 11.3 Å². The Morgan fingerprint density at radius 1 is 1.65 bits per heavy atom. The molecule has 0 spiro atoms. The second kappa shape index (κ2) is 8.33. The molecule has 0 aliphatic carbocycles. The number of hydrogen-bond acceptors (Lipinski definition) is 4. The van der Waals surface area contributed by atoms with Gasteiger partial charge in [-0.3, -0.25) is 4.79 Å². The lowest BCUT2D eigenvalue weighted by Crippen LogP contribution is -2.36. The maximum atomic E-state index is 11.6. The molecule has 0 fully saturated rings. The quantitative estimate of drug-likeness (QED) is 0.860. The summed E-state index contributed by atoms with van der Waals surface area (Å²) in [5.74, 6) is 1.27. The topological polar surface area (TPSA) is 68.0 Å². The molecule has 96 valence electrons. The third-order valence-electron chi connectivity index (χ3n) is 2.14. The molecular formula is C11H18ClN3OS. The van der Waals surface area contributed by atoms with E-state index >= 15 is 0 Å². The maximum absolute atomic E-state index is 11.6. The van der Waals surface area contributed by atoms with Crippen molar-refractivity contribution >= 4 is 35.9 Å². The first-order valence-corrected chi connectivity index (χ1v) is 6.51. The summed E-state index contributed by atoms with van der Waals surface area (Å²) in [6.07, 6.45) is 4.34. The molecule has 1 rings (SSSR count). The second-order valence-electron chi connectivity index (χ2n) is 3.60. The number of nitrogens with zero attached hydrogens (tertiary/aromatic N) is 1. The highest BCUT2D eigenvalue weighted by Crippen LogP contribution is 2.06. The van der Waals surface area contributed by atoms with E-state index < -0.39 is 6.04 Å². The summed E-state index contributed by atoms with van der Waals surface area (Å²) in [6, 6.07) is 3.23. The number of halogens is 1. The van der Waals surface area contributed by atoms with Gasteiger partial charge >= 0.3 is 0 Å². The minimum absolute atomic E-state index is 0. The Kier molecular flexibility index (Phi) is 7.95. The molecule has 0 saturated heterocycles. The molecule has 6 heteroatoms. The molecule has 0 aliphatic rings. The van der Waals surface area contributed by atoms with Crippen molar-refractivity contribution in [3.8, 4) is 0 Å². The van der Waals surface area contributed by atoms with Gasteiger partial charge in [-0.05, 0) is 43.0 Å². The van der Waals surface area contributed by atoms with Crippen LogP contribution >= 0.6 is 24.2 Å². The molecule has 0 aromatic carbocycles. The van der Waals surface area contributed by atoms with Crippen molar-refractivity contribution in [1.29, 1.82) is 0 Å². The molecule has 1 amide bonds. The Morgan fingerprint density at radius 2 is 2.35 bits per heavy atom. The van der Waals surface area contributed by atoms with E-state index in [-0.39, 0.29) is 18.3 Å². The third kappa shape index (κ3) is 5.91. The number of anilines is 1. The summed E-state index contributed by atoms with van der Waals surface area (Å²) in [7, 11) is 0. The van der Waals surface area contributed by atoms with Gasteiger partial charge in [-0.2, -0.15) is 11.8 Å². The van der Waals surface area contributed by atoms with Crippen molar-refractivity contribution < 1.29 is 4.79 Å². The number of hydrogen-bond donors (Lipinski definition) is 2. The number of nitrogens with one attached hydrogen (secondary N) is 1. The van der Waals surface area contributed by atoms with E-state index in [9.17, 15) is 4.79 Å². The molecule has 17 heavy (non-hydrogen) atoms. The number of rotatable bonds is 5. The summed E-state index contributed by atoms with van der Waals surface area (Å²) in [6.45, 7) is 1.95. The zero-order chi connectivity index (χ0) is 12.0. The van der Waals surface area contributed by atoms with Crippen molar-refractivity contribution in [1.82, 2.24) is 4.98 Å². The van der Waals surface area contributed by atoms with Gasteiger partial charge in [0.2, 0.25) is 5.91 Å². The number of amides is 1. The number of carbonyl (C=O) groups excluding carboxylic acids is 1. The van der Waals surface area contributed by atoms with E-state index in [1.807, 2.05) is 25.3 Å². The van der Waals surface area contributed by atoms with Crippen LogP contribution in [0.15, 0.2) is 18.3 Å². The Bertz CT molecular complexity index is 362. The van der Waals surface area contributed by atoms with Gasteiger partial charge in [-0.15, -0.1) is 12.4 Å². The van der Waals surface area contributed by atoms with Crippen LogP contribution in [0.4, 0.5) is 5.82 Å². The standard InChI is InChI=1S/C11H17N3OS.ClH/c1-8-3-5-13-10(7-8)14-11(15)9(12)4-6-16-2;/h3,5,7,9H,4,6,12H2,1-2H3,(H,13,14,15);1H/t9-;/m0./s1. The molecule has 0 radical (unpaired) electrons. The minimum atomic E-state index is -0.463. The smallest absolute Gasteiger partial charge is 0.242 e. The van der Waals surface area contributed by atoms with E-state index in [0.29, 0.717) is 12.2 Å². The zero-order valence-corrected chi connectivity index (χ0v) is 11.6. The minimum Gasteiger partial charge on any atom is -0.320 e. The van der Waals surface area contributed by atoms with Crippen LogP contribution in [0.5, 0.6) is 0 Å². The molecular weight excluding hydrogens is 258 g/mol. The fraction of sp³-hybridized carbons (Fsp3) is 0.455. The Morgan fingerprint density at radius 3 is 2.94 bits per heavy atom. The number of carbonyl (C=O) groups is 1. The molecule has 1 aromatic rings. The van der Waals surface area contributed by atoms with Crippen LogP contribution in [0, 0.1) is 6.92 Å². The van der Waals surface area contributed by atoms with E-state index in [1.54, 1.807) is 18.0 Å². The summed E-state index contributed by atoms with van der Waals surface area (Å²) < 4.78 is 0. The van der Waals surface area contributed by atoms with Gasteiger partial charge in [0.15, 0.2) is 0 Å². The highest BCUT2D eigenvalue weighted by Gasteiger charge is 2.13. The number of aryl methyl sites for hydroxylation is 1. The Hall–Kier alpha value is -0.780. The van der Waals surface area contributed by atoms with Gasteiger partial charge in [-0.25, -0.2) is 4.98 Å². The van der Waals surface area contributed by atoms with E-state index in [4.69, 9.17) is 5.73 Å². The first-order valence-electron chi connectivity index (χ1n) is 5.11. The first-order chi connectivity index (χ1) is 7.63. The van der Waals surface area contributed by atoms with Crippen LogP contribution in [0.25, 0.3) is 0 Å². The predicted octanol–water partition coefficient (Wildman–Crippen LogP) is 1.83. The molecule has 0 bridgehead atoms. The van der Waals surface area contributed by atoms with Crippen molar-refractivity contribution in [3.05, 3.63) is 23.9 Å². The fourth-order valence-corrected chi connectivity index (χ4v) is 1.69. The van der Waals surface area contributed by atoms with Crippen LogP contribution in [0.2, 0.25) is 0 Å². The monoisotopic (exact) mass is 275 g/mol. The first kappa shape index (κ1) is 16.2. The SMILES string of the molecule is CSCC[C@H](N)C(=O)Nc1cc(C)ccn1.Cl. The van der Waals surface area contributed by atoms with Crippen molar-refractivity contribution in [2.24, 2.45) is 5.73 Å². The number of pyridine rings is 1. The summed E-state index contributed by atoms with van der Waals surface area (Å²) in [5, 5.41) is 2.71. The predicted molar refractivity (Wildman–Crippen MR) is 75.8 cm³/mol. The lowest BCUT2D eigenvalue weighted by molar-refractivity contribution is -0.117. The zero-order valence-electron chi connectivity index (χ0n) is 9.97. The van der Waals surface area contributed by atoms with Crippen LogP contribution in [0.3, 0.4) is 0 Å². The van der Waals surface area contributed by atoms with Gasteiger partial charge in [0.1, 0.15) is 5.82 Å². The number of thioether (sulfide) groups is 1. The van der Waals surface area contributed by atoms with Crippen molar-refractivity contribution in [2.75, 3.05) is 17.3 Å². The molecule has 0 unspecified atom stereocenters. The number of nitrogens with two attached hydrogens (primary N) is 1. The van der Waals surface area contributed by atoms with Crippen LogP contribution in [-0.4, -0.2) is 28.9 Å². The molecule has 1 heterocycles. The fourth-order valence-electron chi connectivity index (χ4n) is 1.20. The molecule has 1 atom stereocenters. The lowest BCUT2D eigenvalue weighted by Gasteiger charge is -2.11. The van der Waals surface area contributed by atoms with E-state index in [1.165, 1.54) is 0 Å². The molecule has 4 nitrogen and oxygen atoms in total. The molecule has 0 saturated carbocycles. The Labute approximate surface area is 112 Å². The van der Waals surface area contributed by atoms with Crippen LogP contribution < -0.4 is 11.1 Å². The molecule has 3 N–H and O–H groups in total. The second-order valence-corrected chi connectivity index (χ2v) is 4.58. The van der Waals surface area contributed by atoms with Gasteiger partial charge in [0, 0.05) is 6.20 Å². The number of aromatic nitrogens is 1. The van der Waals surface area contributed by atoms with Crippen molar-refractivity contribution in [3.63, 3.8) is 0 Å². The largest absolute Gasteiger partial charge is 0.320 e. The van der Waals surface area contributed by atoms with Gasteiger partial charge in [0.05, 0.1) is 6.04 Å². The van der Waals surface area contributed by atoms with Crippen LogP contribution in [-0.2, 0) is 4.79 Å². The maximum Gasteiger partial charge on any atom is 0.242 e. The summed E-state index contributed by atoms with van der Waals surface area (Å²) in [4.78, 5) is 15.7. The average molecular weight is 276 g/mol. The summed E-state index contributed by atoms with van der Waals surface area (Å²) in [5.41, 5.74) is 6.79. The van der Waals surface area contributed by atoms with Crippen LogP contribution in [0.1, 0.15) is 12.0 Å². The van der Waals surface area contributed by atoms with Gasteiger partial charge in [-0.1, -0.05) is 0 Å². The Balaban J connectivity index is 0.00000256. The third-order valence-corrected chi connectivity index (χ3v) is 2.78. The van der Waals surface area contributed by atoms with Crippen molar-refractivity contribution in [2.45, 2.75) is 19.4 Å². The highest BCUT2D eigenvalue weighted by molar-refractivity contribution is 7.98. The molecule has 1 aromatic heterocycles. The van der Waals surface area contributed by atoms with Gasteiger partial charge < -0.3 is 11.1 Å². The molecule has 0 aliphatic heterocycles. The normalized spacial score (nSPS) is 11.5. The summed E-state index contributed by atoms with van der Waals surface area (Å²) >= 11 is 1.68. The van der Waals surface area contributed by atoms with Gasteiger partial charge in [0.25, 0.3) is 0 Å². The highest BCUT2D eigenvalue weighted by atomic mass is 35.5. The average Bonchev–Trinajstić information content (AvgIpc) is 2.25. The lowest BCUT2D eigenvalue weighted by atomic mass is 10.2.